The lowest BCUT2D eigenvalue weighted by Crippen LogP contribution is -2.38. The van der Waals surface area contributed by atoms with E-state index in [0.717, 1.165) is 24.4 Å². The second-order valence-corrected chi connectivity index (χ2v) is 5.80. The Bertz CT molecular complexity index is 186. The van der Waals surface area contributed by atoms with Crippen LogP contribution in [-0.4, -0.2) is 42.6 Å². The first-order chi connectivity index (χ1) is 6.83. The SMILES string of the molecule is CN1CCCC(CCN)C2CSCC21. The Morgan fingerprint density at radius 3 is 3.07 bits per heavy atom. The molecule has 3 heteroatoms. The van der Waals surface area contributed by atoms with Gasteiger partial charge in [-0.3, -0.25) is 0 Å². The van der Waals surface area contributed by atoms with Crippen molar-refractivity contribution < 1.29 is 0 Å². The van der Waals surface area contributed by atoms with Gasteiger partial charge < -0.3 is 10.6 Å². The summed E-state index contributed by atoms with van der Waals surface area (Å²) in [6.07, 6.45) is 4.03. The molecular weight excluding hydrogens is 192 g/mol. The van der Waals surface area contributed by atoms with Crippen molar-refractivity contribution in [2.45, 2.75) is 25.3 Å². The number of nitrogens with zero attached hydrogens (tertiary/aromatic N) is 1. The Labute approximate surface area is 91.6 Å². The van der Waals surface area contributed by atoms with Gasteiger partial charge in [-0.15, -0.1) is 0 Å². The molecule has 2 aliphatic heterocycles. The number of rotatable bonds is 2. The molecule has 82 valence electrons. The van der Waals surface area contributed by atoms with Crippen molar-refractivity contribution in [3.8, 4) is 0 Å². The standard InChI is InChI=1S/C11H22N2S/c1-13-6-2-3-9(4-5-12)10-7-14-8-11(10)13/h9-11H,2-8,12H2,1H3. The van der Waals surface area contributed by atoms with E-state index in [2.05, 4.69) is 23.7 Å². The van der Waals surface area contributed by atoms with Gasteiger partial charge in [0, 0.05) is 11.8 Å². The predicted molar refractivity (Wildman–Crippen MR) is 63.6 cm³/mol. The first-order valence-electron chi connectivity index (χ1n) is 5.81. The van der Waals surface area contributed by atoms with E-state index >= 15 is 0 Å². The normalized spacial score (nSPS) is 39.4. The molecule has 0 bridgehead atoms. The number of thioether (sulfide) groups is 1. The van der Waals surface area contributed by atoms with Crippen LogP contribution >= 0.6 is 11.8 Å². The van der Waals surface area contributed by atoms with E-state index < -0.39 is 0 Å². The van der Waals surface area contributed by atoms with Crippen LogP contribution in [0.2, 0.25) is 0 Å². The summed E-state index contributed by atoms with van der Waals surface area (Å²) in [5.74, 6) is 4.56. The summed E-state index contributed by atoms with van der Waals surface area (Å²) in [4.78, 5) is 2.58. The maximum atomic E-state index is 5.71. The third kappa shape index (κ3) is 2.10. The second-order valence-electron chi connectivity index (χ2n) is 4.73. The van der Waals surface area contributed by atoms with Gasteiger partial charge in [0.1, 0.15) is 0 Å². The smallest absolute Gasteiger partial charge is 0.0222 e. The molecule has 3 unspecified atom stereocenters. The summed E-state index contributed by atoms with van der Waals surface area (Å²) >= 11 is 2.14. The van der Waals surface area contributed by atoms with Gasteiger partial charge in [0.05, 0.1) is 0 Å². The largest absolute Gasteiger partial charge is 0.330 e. The van der Waals surface area contributed by atoms with Crippen molar-refractivity contribution in [1.29, 1.82) is 0 Å². The minimum Gasteiger partial charge on any atom is -0.330 e. The van der Waals surface area contributed by atoms with Gasteiger partial charge in [-0.1, -0.05) is 0 Å². The molecule has 0 aromatic carbocycles. The van der Waals surface area contributed by atoms with Crippen LogP contribution in [0, 0.1) is 11.8 Å². The summed E-state index contributed by atoms with van der Waals surface area (Å²) in [5.41, 5.74) is 5.71. The minimum atomic E-state index is 0.846. The maximum absolute atomic E-state index is 5.71. The molecule has 0 aliphatic carbocycles. The van der Waals surface area contributed by atoms with Gasteiger partial charge in [-0.2, -0.15) is 11.8 Å². The lowest BCUT2D eigenvalue weighted by atomic mass is 9.84. The Morgan fingerprint density at radius 1 is 1.43 bits per heavy atom. The number of likely N-dealkylation sites (tertiary alicyclic amines) is 1. The van der Waals surface area contributed by atoms with Crippen LogP contribution in [0.15, 0.2) is 0 Å². The average Bonchev–Trinajstić information content (AvgIpc) is 2.60. The molecule has 0 amide bonds. The molecule has 2 N–H and O–H groups in total. The highest BCUT2D eigenvalue weighted by atomic mass is 32.2. The van der Waals surface area contributed by atoms with E-state index in [1.54, 1.807) is 0 Å². The monoisotopic (exact) mass is 214 g/mol. The highest BCUT2D eigenvalue weighted by Gasteiger charge is 2.37. The van der Waals surface area contributed by atoms with Crippen molar-refractivity contribution in [3.63, 3.8) is 0 Å². The van der Waals surface area contributed by atoms with Crippen LogP contribution in [0.3, 0.4) is 0 Å². The molecule has 14 heavy (non-hydrogen) atoms. The van der Waals surface area contributed by atoms with Crippen molar-refractivity contribution in [1.82, 2.24) is 4.90 Å². The van der Waals surface area contributed by atoms with Gasteiger partial charge in [-0.05, 0) is 57.0 Å². The quantitative estimate of drug-likeness (QED) is 0.753. The summed E-state index contributed by atoms with van der Waals surface area (Å²) in [6, 6.07) is 0.846. The van der Waals surface area contributed by atoms with Gasteiger partial charge in [-0.25, -0.2) is 0 Å². The topological polar surface area (TPSA) is 29.3 Å². The molecular formula is C11H22N2S. The van der Waals surface area contributed by atoms with E-state index in [-0.39, 0.29) is 0 Å². The molecule has 3 atom stereocenters. The Balaban J connectivity index is 2.04. The van der Waals surface area contributed by atoms with Crippen molar-refractivity contribution in [2.75, 3.05) is 31.6 Å². The first kappa shape index (κ1) is 10.8. The highest BCUT2D eigenvalue weighted by molar-refractivity contribution is 7.99. The fourth-order valence-electron chi connectivity index (χ4n) is 3.02. The fourth-order valence-corrected chi connectivity index (χ4v) is 4.66. The third-order valence-electron chi connectivity index (χ3n) is 3.89. The molecule has 0 spiro atoms. The van der Waals surface area contributed by atoms with Crippen LogP contribution in [0.4, 0.5) is 0 Å². The third-order valence-corrected chi connectivity index (χ3v) is 5.09. The van der Waals surface area contributed by atoms with Gasteiger partial charge in [0.2, 0.25) is 0 Å². The number of hydrogen-bond acceptors (Lipinski definition) is 3. The minimum absolute atomic E-state index is 0.846. The summed E-state index contributed by atoms with van der Waals surface area (Å²) in [6.45, 7) is 2.17. The Kier molecular flexibility index (Phi) is 3.74. The average molecular weight is 214 g/mol. The van der Waals surface area contributed by atoms with Gasteiger partial charge >= 0.3 is 0 Å². The van der Waals surface area contributed by atoms with E-state index in [0.29, 0.717) is 0 Å². The molecule has 2 rings (SSSR count). The Hall–Kier alpha value is 0.270. The van der Waals surface area contributed by atoms with E-state index in [1.165, 1.54) is 37.3 Å². The maximum Gasteiger partial charge on any atom is 0.0222 e. The number of fused-ring (bicyclic) bond motifs is 1. The second kappa shape index (κ2) is 4.86. The van der Waals surface area contributed by atoms with Crippen LogP contribution in [0.25, 0.3) is 0 Å². The van der Waals surface area contributed by atoms with Gasteiger partial charge in [0.25, 0.3) is 0 Å². The van der Waals surface area contributed by atoms with Crippen LogP contribution in [0.5, 0.6) is 0 Å². The van der Waals surface area contributed by atoms with E-state index in [9.17, 15) is 0 Å². The van der Waals surface area contributed by atoms with Crippen LogP contribution in [0.1, 0.15) is 19.3 Å². The molecule has 2 aliphatic rings. The molecule has 2 saturated heterocycles. The van der Waals surface area contributed by atoms with Crippen molar-refractivity contribution in [3.05, 3.63) is 0 Å². The fraction of sp³-hybridized carbons (Fsp3) is 1.00. The van der Waals surface area contributed by atoms with Gasteiger partial charge in [0.15, 0.2) is 0 Å². The zero-order chi connectivity index (χ0) is 9.97. The summed E-state index contributed by atoms with van der Waals surface area (Å²) in [5, 5.41) is 0. The number of nitrogens with two attached hydrogens (primary N) is 1. The van der Waals surface area contributed by atoms with E-state index in [1.807, 2.05) is 0 Å². The van der Waals surface area contributed by atoms with Crippen molar-refractivity contribution in [2.24, 2.45) is 17.6 Å². The number of hydrogen-bond donors (Lipinski definition) is 1. The molecule has 2 heterocycles. The predicted octanol–water partition coefficient (Wildman–Crippen LogP) is 1.41. The molecule has 0 aromatic rings. The first-order valence-corrected chi connectivity index (χ1v) is 6.96. The van der Waals surface area contributed by atoms with Crippen LogP contribution in [-0.2, 0) is 0 Å². The van der Waals surface area contributed by atoms with Crippen LogP contribution < -0.4 is 5.73 Å². The highest BCUT2D eigenvalue weighted by Crippen LogP contribution is 2.38. The lowest BCUT2D eigenvalue weighted by Gasteiger charge is -2.29. The molecule has 0 aromatic heterocycles. The van der Waals surface area contributed by atoms with E-state index in [4.69, 9.17) is 5.73 Å². The molecule has 0 saturated carbocycles. The lowest BCUT2D eigenvalue weighted by molar-refractivity contribution is 0.200. The van der Waals surface area contributed by atoms with Crippen molar-refractivity contribution >= 4 is 11.8 Å². The summed E-state index contributed by atoms with van der Waals surface area (Å²) in [7, 11) is 2.30. The molecule has 0 radical (unpaired) electrons. The zero-order valence-corrected chi connectivity index (χ0v) is 9.93. The summed E-state index contributed by atoms with van der Waals surface area (Å²) < 4.78 is 0. The zero-order valence-electron chi connectivity index (χ0n) is 9.11. The Morgan fingerprint density at radius 2 is 2.29 bits per heavy atom. The molecule has 2 fully saturated rings. The molecule has 2 nitrogen and oxygen atoms in total.